The van der Waals surface area contributed by atoms with Crippen LogP contribution in [0.2, 0.25) is 0 Å². The molecule has 2 aromatic carbocycles. The van der Waals surface area contributed by atoms with Crippen molar-refractivity contribution in [3.8, 4) is 0 Å². The molecule has 2 heterocycles. The van der Waals surface area contributed by atoms with E-state index in [9.17, 15) is 14.4 Å². The first kappa shape index (κ1) is 21.5. The number of rotatable bonds is 8. The maximum Gasteiger partial charge on any atom is 0.330 e. The Hall–Kier alpha value is -3.74. The van der Waals surface area contributed by atoms with Gasteiger partial charge in [0, 0.05) is 6.54 Å². The highest BCUT2D eigenvalue weighted by Gasteiger charge is 2.18. The Bertz CT molecular complexity index is 1390. The van der Waals surface area contributed by atoms with E-state index in [2.05, 4.69) is 9.97 Å². The van der Waals surface area contributed by atoms with Gasteiger partial charge in [0.1, 0.15) is 5.69 Å². The van der Waals surface area contributed by atoms with Gasteiger partial charge in [0.15, 0.2) is 11.2 Å². The first-order valence-corrected chi connectivity index (χ1v) is 10.9. The fraction of sp³-hybridized carbons (Fsp3) is 0.280. The largest absolute Gasteiger partial charge is 0.330 e. The second-order valence-corrected chi connectivity index (χ2v) is 7.86. The lowest BCUT2D eigenvalue weighted by molar-refractivity contribution is 0.612. The molecule has 0 spiro atoms. The third-order valence-electron chi connectivity index (χ3n) is 5.56. The summed E-state index contributed by atoms with van der Waals surface area (Å²) in [6.07, 6.45) is 2.69. The molecule has 0 atom stereocenters. The van der Waals surface area contributed by atoms with Crippen LogP contribution in [0.3, 0.4) is 0 Å². The second kappa shape index (κ2) is 9.60. The van der Waals surface area contributed by atoms with Crippen molar-refractivity contribution in [1.82, 2.24) is 19.1 Å². The van der Waals surface area contributed by atoms with Crippen LogP contribution in [0.15, 0.2) is 75.0 Å². The van der Waals surface area contributed by atoms with E-state index in [4.69, 9.17) is 0 Å². The third kappa shape index (κ3) is 4.46. The van der Waals surface area contributed by atoms with E-state index >= 15 is 0 Å². The summed E-state index contributed by atoms with van der Waals surface area (Å²) in [6.45, 7) is 2.68. The van der Waals surface area contributed by atoms with Gasteiger partial charge in [-0.1, -0.05) is 74.0 Å². The molecule has 0 saturated heterocycles. The monoisotopic (exact) mass is 430 g/mol. The zero-order valence-electron chi connectivity index (χ0n) is 18.1. The van der Waals surface area contributed by atoms with E-state index in [1.54, 1.807) is 0 Å². The summed E-state index contributed by atoms with van der Waals surface area (Å²) in [4.78, 5) is 45.7. The van der Waals surface area contributed by atoms with Crippen molar-refractivity contribution in [3.63, 3.8) is 0 Å². The SMILES string of the molecule is CCCCn1c(=O)c(CCc2ccccc2)nc2c1c(=O)[nH]c(=O)n2Cc1ccccc1. The average Bonchev–Trinajstić information content (AvgIpc) is 2.81. The van der Waals surface area contributed by atoms with Gasteiger partial charge in [0.05, 0.1) is 6.54 Å². The second-order valence-electron chi connectivity index (χ2n) is 7.86. The lowest BCUT2D eigenvalue weighted by atomic mass is 10.1. The van der Waals surface area contributed by atoms with Crippen molar-refractivity contribution >= 4 is 11.2 Å². The van der Waals surface area contributed by atoms with Gasteiger partial charge in [-0.15, -0.1) is 0 Å². The maximum absolute atomic E-state index is 13.3. The Balaban J connectivity index is 1.89. The van der Waals surface area contributed by atoms with E-state index < -0.39 is 11.2 Å². The van der Waals surface area contributed by atoms with Crippen LogP contribution < -0.4 is 16.8 Å². The molecule has 7 heteroatoms. The zero-order chi connectivity index (χ0) is 22.5. The highest BCUT2D eigenvalue weighted by Crippen LogP contribution is 2.11. The third-order valence-corrected chi connectivity index (χ3v) is 5.56. The van der Waals surface area contributed by atoms with Crippen molar-refractivity contribution in [2.24, 2.45) is 0 Å². The zero-order valence-corrected chi connectivity index (χ0v) is 18.1. The van der Waals surface area contributed by atoms with Gasteiger partial charge in [0.25, 0.3) is 11.1 Å². The van der Waals surface area contributed by atoms with Crippen LogP contribution in [-0.4, -0.2) is 19.1 Å². The maximum atomic E-state index is 13.3. The van der Waals surface area contributed by atoms with E-state index in [0.29, 0.717) is 25.1 Å². The standard InChI is InChI=1S/C25H26N4O3/c1-2-3-16-28-21-22(26-20(24(28)31)15-14-18-10-6-4-7-11-18)29(25(32)27-23(21)30)17-19-12-8-5-9-13-19/h4-13H,2-3,14-17H2,1H3,(H,27,30,32). The van der Waals surface area contributed by atoms with Crippen LogP contribution >= 0.6 is 0 Å². The molecule has 4 rings (SSSR count). The number of nitrogens with zero attached hydrogens (tertiary/aromatic N) is 3. The highest BCUT2D eigenvalue weighted by atomic mass is 16.2. The minimum atomic E-state index is -0.579. The molecule has 7 nitrogen and oxygen atoms in total. The molecule has 4 aromatic rings. The molecule has 1 N–H and O–H groups in total. The number of unbranched alkanes of at least 4 members (excludes halogenated alkanes) is 1. The van der Waals surface area contributed by atoms with Crippen LogP contribution in [0.1, 0.15) is 36.6 Å². The topological polar surface area (TPSA) is 89.8 Å². The number of nitrogens with one attached hydrogen (secondary N) is 1. The summed E-state index contributed by atoms with van der Waals surface area (Å²) >= 11 is 0. The van der Waals surface area contributed by atoms with Crippen molar-refractivity contribution in [1.29, 1.82) is 0 Å². The highest BCUT2D eigenvalue weighted by molar-refractivity contribution is 5.69. The molecule has 0 radical (unpaired) electrons. The molecule has 0 saturated carbocycles. The molecule has 0 aliphatic heterocycles. The van der Waals surface area contributed by atoms with Gasteiger partial charge in [-0.2, -0.15) is 0 Å². The van der Waals surface area contributed by atoms with Crippen LogP contribution in [0, 0.1) is 0 Å². The fourth-order valence-electron chi connectivity index (χ4n) is 3.85. The lowest BCUT2D eigenvalue weighted by Gasteiger charge is -2.15. The van der Waals surface area contributed by atoms with Gasteiger partial charge >= 0.3 is 5.69 Å². The Labute approximate surface area is 185 Å². The number of fused-ring (bicyclic) bond motifs is 1. The Morgan fingerprint density at radius 1 is 0.844 bits per heavy atom. The van der Waals surface area contributed by atoms with Crippen LogP contribution in [-0.2, 0) is 25.9 Å². The average molecular weight is 431 g/mol. The van der Waals surface area contributed by atoms with Crippen molar-refractivity contribution in [2.45, 2.75) is 45.7 Å². The van der Waals surface area contributed by atoms with Gasteiger partial charge in [-0.05, 0) is 30.4 Å². The molecular formula is C25H26N4O3. The van der Waals surface area contributed by atoms with Crippen molar-refractivity contribution in [2.75, 3.05) is 0 Å². The molecule has 0 aliphatic rings. The van der Waals surface area contributed by atoms with Gasteiger partial charge in [-0.25, -0.2) is 9.78 Å². The number of aryl methyl sites for hydroxylation is 3. The smallest absolute Gasteiger partial charge is 0.299 e. The molecule has 0 bridgehead atoms. The molecule has 0 amide bonds. The molecular weight excluding hydrogens is 404 g/mol. The molecule has 0 unspecified atom stereocenters. The van der Waals surface area contributed by atoms with Gasteiger partial charge in [-0.3, -0.25) is 23.7 Å². The number of hydrogen-bond donors (Lipinski definition) is 1. The summed E-state index contributed by atoms with van der Waals surface area (Å²) in [5.74, 6) is 0. The minimum absolute atomic E-state index is 0.155. The van der Waals surface area contributed by atoms with Crippen molar-refractivity contribution < 1.29 is 0 Å². The predicted molar refractivity (Wildman–Crippen MR) is 125 cm³/mol. The van der Waals surface area contributed by atoms with Crippen molar-refractivity contribution in [3.05, 3.63) is 109 Å². The van der Waals surface area contributed by atoms with Gasteiger partial charge in [0.2, 0.25) is 0 Å². The summed E-state index contributed by atoms with van der Waals surface area (Å²) in [5.41, 5.74) is 1.40. The molecule has 2 aromatic heterocycles. The summed E-state index contributed by atoms with van der Waals surface area (Å²) in [5, 5.41) is 0. The molecule has 164 valence electrons. The minimum Gasteiger partial charge on any atom is -0.299 e. The molecule has 32 heavy (non-hydrogen) atoms. The van der Waals surface area contributed by atoms with E-state index in [-0.39, 0.29) is 23.3 Å². The summed E-state index contributed by atoms with van der Waals surface area (Å²) < 4.78 is 2.94. The summed E-state index contributed by atoms with van der Waals surface area (Å²) in [6, 6.07) is 19.4. The van der Waals surface area contributed by atoms with E-state index in [0.717, 1.165) is 24.0 Å². The fourth-order valence-corrected chi connectivity index (χ4v) is 3.85. The van der Waals surface area contributed by atoms with Crippen LogP contribution in [0.5, 0.6) is 0 Å². The number of hydrogen-bond acceptors (Lipinski definition) is 4. The predicted octanol–water partition coefficient (Wildman–Crippen LogP) is 2.88. The number of aromatic amines is 1. The number of benzene rings is 2. The van der Waals surface area contributed by atoms with E-state index in [1.807, 2.05) is 67.6 Å². The first-order chi connectivity index (χ1) is 15.6. The summed E-state index contributed by atoms with van der Waals surface area (Å²) in [7, 11) is 0. The van der Waals surface area contributed by atoms with Gasteiger partial charge < -0.3 is 0 Å². The normalized spacial score (nSPS) is 11.2. The quantitative estimate of drug-likeness (QED) is 0.465. The molecule has 0 fully saturated rings. The Kier molecular flexibility index (Phi) is 6.44. The number of aromatic nitrogens is 4. The first-order valence-electron chi connectivity index (χ1n) is 10.9. The van der Waals surface area contributed by atoms with E-state index in [1.165, 1.54) is 9.13 Å². The number of H-pyrrole nitrogens is 1. The Morgan fingerprint density at radius 2 is 1.50 bits per heavy atom. The van der Waals surface area contributed by atoms with Crippen LogP contribution in [0.4, 0.5) is 0 Å². The lowest BCUT2D eigenvalue weighted by Crippen LogP contribution is -2.37. The van der Waals surface area contributed by atoms with Crippen LogP contribution in [0.25, 0.3) is 11.2 Å². The Morgan fingerprint density at radius 3 is 2.16 bits per heavy atom. The molecule has 0 aliphatic carbocycles.